The van der Waals surface area contributed by atoms with Crippen LogP contribution in [-0.4, -0.2) is 28.9 Å². The van der Waals surface area contributed by atoms with Crippen molar-refractivity contribution in [2.24, 2.45) is 11.3 Å². The summed E-state index contributed by atoms with van der Waals surface area (Å²) in [7, 11) is 0. The maximum absolute atomic E-state index is 13.0. The van der Waals surface area contributed by atoms with E-state index in [1.807, 2.05) is 48.7 Å². The molecule has 0 aliphatic rings. The number of aliphatic carboxylic acids is 1. The van der Waals surface area contributed by atoms with Crippen LogP contribution in [0.4, 0.5) is 0 Å². The van der Waals surface area contributed by atoms with E-state index in [2.05, 4.69) is 0 Å². The van der Waals surface area contributed by atoms with Crippen molar-refractivity contribution in [1.29, 1.82) is 0 Å². The number of Topliss-reactive ketones (excluding diaryl/α,β-unsaturated/α-hetero) is 1. The molecule has 1 atom stereocenters. The van der Waals surface area contributed by atoms with Gasteiger partial charge in [-0.25, -0.2) is 0 Å². The molecule has 0 radical (unpaired) electrons. The van der Waals surface area contributed by atoms with Crippen molar-refractivity contribution in [3.05, 3.63) is 60.2 Å². The first-order valence-corrected chi connectivity index (χ1v) is 9.69. The Bertz CT molecular complexity index is 721. The standard InChI is InChI=1S/C21H24O3S/c1-21(2,20(23)24)18(13-14-25-3)19(22)17-11-9-16(10-12-17)15-7-5-4-6-8-15/h4-12,18H,13-14H2,1-3H3,(H,23,24). The Balaban J connectivity index is 2.28. The highest BCUT2D eigenvalue weighted by Crippen LogP contribution is 2.34. The average Bonchev–Trinajstić information content (AvgIpc) is 2.62. The molecule has 2 rings (SSSR count). The van der Waals surface area contributed by atoms with Crippen LogP contribution in [0.2, 0.25) is 0 Å². The average molecular weight is 356 g/mol. The molecule has 0 amide bonds. The molecule has 0 bridgehead atoms. The van der Waals surface area contributed by atoms with Gasteiger partial charge in [-0.05, 0) is 43.4 Å². The number of carbonyl (C=O) groups excluding carboxylic acids is 1. The van der Waals surface area contributed by atoms with Crippen LogP contribution in [0.1, 0.15) is 30.6 Å². The Kier molecular flexibility index (Phi) is 6.43. The Labute approximate surface area is 153 Å². The van der Waals surface area contributed by atoms with E-state index in [4.69, 9.17) is 0 Å². The number of carboxylic acid groups (broad SMARTS) is 1. The lowest BCUT2D eigenvalue weighted by Gasteiger charge is -2.29. The van der Waals surface area contributed by atoms with Crippen molar-refractivity contribution in [3.8, 4) is 11.1 Å². The summed E-state index contributed by atoms with van der Waals surface area (Å²) >= 11 is 1.62. The first-order valence-electron chi connectivity index (χ1n) is 8.30. The molecule has 1 N–H and O–H groups in total. The number of benzene rings is 2. The van der Waals surface area contributed by atoms with E-state index in [1.165, 1.54) is 0 Å². The van der Waals surface area contributed by atoms with Crippen LogP contribution in [0, 0.1) is 11.3 Å². The largest absolute Gasteiger partial charge is 0.481 e. The fourth-order valence-electron chi connectivity index (χ4n) is 2.86. The Hall–Kier alpha value is -2.07. The quantitative estimate of drug-likeness (QED) is 0.675. The third-order valence-electron chi connectivity index (χ3n) is 4.63. The van der Waals surface area contributed by atoms with Crippen LogP contribution in [0.3, 0.4) is 0 Å². The third kappa shape index (κ3) is 4.51. The first kappa shape index (κ1) is 19.3. The second-order valence-corrected chi connectivity index (χ2v) is 7.65. The summed E-state index contributed by atoms with van der Waals surface area (Å²) in [6, 6.07) is 17.4. The normalized spacial score (nSPS) is 12.6. The number of carbonyl (C=O) groups is 2. The van der Waals surface area contributed by atoms with Crippen LogP contribution < -0.4 is 0 Å². The summed E-state index contributed by atoms with van der Waals surface area (Å²) in [4.78, 5) is 24.6. The molecule has 3 nitrogen and oxygen atoms in total. The molecule has 0 heterocycles. The number of hydrogen-bond donors (Lipinski definition) is 1. The van der Waals surface area contributed by atoms with E-state index in [0.717, 1.165) is 16.9 Å². The van der Waals surface area contributed by atoms with Gasteiger partial charge in [0.05, 0.1) is 5.41 Å². The first-order chi connectivity index (χ1) is 11.9. The second-order valence-electron chi connectivity index (χ2n) is 6.67. The zero-order valence-electron chi connectivity index (χ0n) is 14.9. The van der Waals surface area contributed by atoms with Gasteiger partial charge in [-0.3, -0.25) is 9.59 Å². The van der Waals surface area contributed by atoms with Crippen molar-refractivity contribution in [2.45, 2.75) is 20.3 Å². The van der Waals surface area contributed by atoms with Gasteiger partial charge in [0.2, 0.25) is 0 Å². The van der Waals surface area contributed by atoms with Gasteiger partial charge in [-0.2, -0.15) is 11.8 Å². The van der Waals surface area contributed by atoms with Crippen LogP contribution in [0.25, 0.3) is 11.1 Å². The van der Waals surface area contributed by atoms with Crippen LogP contribution in [0.5, 0.6) is 0 Å². The van der Waals surface area contributed by atoms with E-state index < -0.39 is 17.3 Å². The molecule has 0 fully saturated rings. The lowest BCUT2D eigenvalue weighted by atomic mass is 9.73. The predicted octanol–water partition coefficient (Wildman–Crippen LogP) is 5.02. The molecule has 1 unspecified atom stereocenters. The molecule has 0 saturated heterocycles. The molecule has 0 aliphatic heterocycles. The Morgan fingerprint density at radius 3 is 2.08 bits per heavy atom. The van der Waals surface area contributed by atoms with Crippen molar-refractivity contribution in [2.75, 3.05) is 12.0 Å². The van der Waals surface area contributed by atoms with Gasteiger partial charge in [0, 0.05) is 11.5 Å². The molecule has 25 heavy (non-hydrogen) atoms. The molecular formula is C21H24O3S. The second kappa shape index (κ2) is 8.34. The number of rotatable bonds is 8. The van der Waals surface area contributed by atoms with E-state index in [1.54, 1.807) is 37.7 Å². The minimum atomic E-state index is -1.09. The fraction of sp³-hybridized carbons (Fsp3) is 0.333. The van der Waals surface area contributed by atoms with Crippen molar-refractivity contribution >= 4 is 23.5 Å². The number of carboxylic acids is 1. The van der Waals surface area contributed by atoms with Crippen LogP contribution in [-0.2, 0) is 4.79 Å². The van der Waals surface area contributed by atoms with Gasteiger partial charge in [0.1, 0.15) is 0 Å². The summed E-state index contributed by atoms with van der Waals surface area (Å²) in [6.45, 7) is 3.27. The van der Waals surface area contributed by atoms with Gasteiger partial charge >= 0.3 is 5.97 Å². The highest BCUT2D eigenvalue weighted by Gasteiger charge is 2.41. The molecule has 132 valence electrons. The molecule has 4 heteroatoms. The summed E-state index contributed by atoms with van der Waals surface area (Å²) in [5, 5.41) is 9.54. The summed E-state index contributed by atoms with van der Waals surface area (Å²) < 4.78 is 0. The molecule has 0 spiro atoms. The predicted molar refractivity (Wildman–Crippen MR) is 104 cm³/mol. The zero-order chi connectivity index (χ0) is 18.4. The van der Waals surface area contributed by atoms with Gasteiger partial charge in [0.25, 0.3) is 0 Å². The minimum Gasteiger partial charge on any atom is -0.481 e. The third-order valence-corrected chi connectivity index (χ3v) is 5.27. The van der Waals surface area contributed by atoms with Crippen molar-refractivity contribution in [1.82, 2.24) is 0 Å². The fourth-order valence-corrected chi connectivity index (χ4v) is 3.33. The maximum atomic E-state index is 13.0. The smallest absolute Gasteiger partial charge is 0.309 e. The summed E-state index contributed by atoms with van der Waals surface area (Å²) in [5.41, 5.74) is 1.60. The molecule has 2 aromatic rings. The van der Waals surface area contributed by atoms with Crippen molar-refractivity contribution < 1.29 is 14.7 Å². The monoisotopic (exact) mass is 356 g/mol. The summed E-state index contributed by atoms with van der Waals surface area (Å²) in [5.74, 6) is -0.816. The van der Waals surface area contributed by atoms with E-state index in [-0.39, 0.29) is 5.78 Å². The van der Waals surface area contributed by atoms with Crippen LogP contribution in [0.15, 0.2) is 54.6 Å². The van der Waals surface area contributed by atoms with Gasteiger partial charge in [-0.15, -0.1) is 0 Å². The lowest BCUT2D eigenvalue weighted by Crippen LogP contribution is -2.38. The van der Waals surface area contributed by atoms with Gasteiger partial charge in [0.15, 0.2) is 5.78 Å². The highest BCUT2D eigenvalue weighted by atomic mass is 32.2. The SMILES string of the molecule is CSCCC(C(=O)c1ccc(-c2ccccc2)cc1)C(C)(C)C(=O)O. The zero-order valence-corrected chi connectivity index (χ0v) is 15.7. The lowest BCUT2D eigenvalue weighted by molar-refractivity contribution is -0.149. The number of thioether (sulfide) groups is 1. The van der Waals surface area contributed by atoms with Gasteiger partial charge in [-0.1, -0.05) is 54.6 Å². The maximum Gasteiger partial charge on any atom is 0.309 e. The highest BCUT2D eigenvalue weighted by molar-refractivity contribution is 7.98. The molecule has 0 saturated carbocycles. The van der Waals surface area contributed by atoms with Crippen molar-refractivity contribution in [3.63, 3.8) is 0 Å². The molecule has 0 aliphatic carbocycles. The van der Waals surface area contributed by atoms with E-state index in [0.29, 0.717) is 12.0 Å². The summed E-state index contributed by atoms with van der Waals surface area (Å²) in [6.07, 6.45) is 2.52. The Morgan fingerprint density at radius 1 is 1.00 bits per heavy atom. The number of ketones is 1. The van der Waals surface area contributed by atoms with Gasteiger partial charge < -0.3 is 5.11 Å². The molecular weight excluding hydrogens is 332 g/mol. The molecule has 0 aromatic heterocycles. The van der Waals surface area contributed by atoms with E-state index >= 15 is 0 Å². The van der Waals surface area contributed by atoms with Crippen LogP contribution >= 0.6 is 11.8 Å². The van der Waals surface area contributed by atoms with E-state index in [9.17, 15) is 14.7 Å². The molecule has 2 aromatic carbocycles. The Morgan fingerprint density at radius 2 is 1.56 bits per heavy atom. The number of hydrogen-bond acceptors (Lipinski definition) is 3. The topological polar surface area (TPSA) is 54.4 Å². The minimum absolute atomic E-state index is 0.0962.